The van der Waals surface area contributed by atoms with Crippen molar-refractivity contribution in [3.8, 4) is 5.75 Å². The lowest BCUT2D eigenvalue weighted by atomic mass is 9.97. The first-order valence-corrected chi connectivity index (χ1v) is 11.2. The van der Waals surface area contributed by atoms with Crippen molar-refractivity contribution in [2.75, 3.05) is 37.5 Å². The van der Waals surface area contributed by atoms with Crippen LogP contribution in [0.3, 0.4) is 0 Å². The summed E-state index contributed by atoms with van der Waals surface area (Å²) in [5.41, 5.74) is 3.16. The predicted octanol–water partition coefficient (Wildman–Crippen LogP) is 4.49. The van der Waals surface area contributed by atoms with E-state index in [9.17, 15) is 9.59 Å². The number of anilines is 3. The molecule has 1 aromatic heterocycles. The van der Waals surface area contributed by atoms with Crippen molar-refractivity contribution in [2.45, 2.75) is 27.2 Å². The van der Waals surface area contributed by atoms with Gasteiger partial charge in [0.1, 0.15) is 18.8 Å². The van der Waals surface area contributed by atoms with Gasteiger partial charge in [-0.15, -0.1) is 0 Å². The Labute approximate surface area is 200 Å². The number of methoxy groups -OCH3 is 1. The quantitative estimate of drug-likeness (QED) is 0.302. The molecule has 8 heteroatoms. The number of carbonyl (C=O) groups excluding carboxylic acids is 2. The van der Waals surface area contributed by atoms with E-state index in [4.69, 9.17) is 9.47 Å². The molecule has 0 atom stereocenters. The van der Waals surface area contributed by atoms with Crippen molar-refractivity contribution in [3.05, 3.63) is 54.7 Å². The molecule has 3 rings (SSSR count). The summed E-state index contributed by atoms with van der Waals surface area (Å²) < 4.78 is 10.7. The first-order valence-electron chi connectivity index (χ1n) is 11.2. The second-order valence-electron chi connectivity index (χ2n) is 9.14. The Morgan fingerprint density at radius 2 is 1.68 bits per heavy atom. The third-order valence-corrected chi connectivity index (χ3v) is 4.86. The maximum absolute atomic E-state index is 12.2. The molecule has 180 valence electrons. The molecule has 2 aromatic carbocycles. The molecule has 8 nitrogen and oxygen atoms in total. The molecule has 0 saturated carbocycles. The minimum atomic E-state index is -0.351. The standard InChI is InChI=1S/C26H32N4O4/c1-26(2,3)17-28-24(31)16-25(32)30-19-7-5-18(6-8-19)29-22-11-12-27-23-15-20(9-10-21(22)23)34-14-13-33-4/h5-12,15H,13-14,16-17H2,1-4H3,(H,27,29)(H,28,31)(H,30,32). The molecule has 0 fully saturated rings. The van der Waals surface area contributed by atoms with E-state index >= 15 is 0 Å². The van der Waals surface area contributed by atoms with Crippen molar-refractivity contribution in [3.63, 3.8) is 0 Å². The third-order valence-electron chi connectivity index (χ3n) is 4.86. The first-order chi connectivity index (χ1) is 16.2. The van der Waals surface area contributed by atoms with E-state index in [1.807, 2.05) is 57.2 Å². The van der Waals surface area contributed by atoms with Crippen molar-refractivity contribution in [1.82, 2.24) is 10.3 Å². The topological polar surface area (TPSA) is 102 Å². The van der Waals surface area contributed by atoms with Crippen LogP contribution in [0.15, 0.2) is 54.7 Å². The number of pyridine rings is 1. The Morgan fingerprint density at radius 3 is 2.38 bits per heavy atom. The Bertz CT molecular complexity index is 1120. The summed E-state index contributed by atoms with van der Waals surface area (Å²) in [5, 5.41) is 9.88. The van der Waals surface area contributed by atoms with Crippen LogP contribution < -0.4 is 20.7 Å². The van der Waals surface area contributed by atoms with Crippen LogP contribution in [0.25, 0.3) is 10.9 Å². The zero-order valence-corrected chi connectivity index (χ0v) is 20.1. The molecule has 3 aromatic rings. The number of carbonyl (C=O) groups is 2. The summed E-state index contributed by atoms with van der Waals surface area (Å²) in [6.07, 6.45) is 1.53. The highest BCUT2D eigenvalue weighted by Crippen LogP contribution is 2.28. The minimum Gasteiger partial charge on any atom is -0.491 e. The Kier molecular flexibility index (Phi) is 8.43. The lowest BCUT2D eigenvalue weighted by molar-refractivity contribution is -0.127. The third kappa shape index (κ3) is 7.74. The van der Waals surface area contributed by atoms with Crippen molar-refractivity contribution < 1.29 is 19.1 Å². The molecular weight excluding hydrogens is 432 g/mol. The fourth-order valence-corrected chi connectivity index (χ4v) is 3.14. The maximum atomic E-state index is 12.2. The largest absolute Gasteiger partial charge is 0.491 e. The van der Waals surface area contributed by atoms with Crippen LogP contribution in [0.2, 0.25) is 0 Å². The summed E-state index contributed by atoms with van der Waals surface area (Å²) in [6.45, 7) is 7.58. The summed E-state index contributed by atoms with van der Waals surface area (Å²) in [6, 6.07) is 15.0. The number of rotatable bonds is 10. The van der Waals surface area contributed by atoms with Gasteiger partial charge in [-0.25, -0.2) is 0 Å². The van der Waals surface area contributed by atoms with E-state index in [1.54, 1.807) is 25.4 Å². The number of amides is 2. The van der Waals surface area contributed by atoms with Gasteiger partial charge in [-0.2, -0.15) is 0 Å². The average Bonchev–Trinajstić information content (AvgIpc) is 2.79. The van der Waals surface area contributed by atoms with E-state index in [2.05, 4.69) is 20.9 Å². The molecule has 0 aliphatic heterocycles. The van der Waals surface area contributed by atoms with Crippen LogP contribution in [-0.2, 0) is 14.3 Å². The highest BCUT2D eigenvalue weighted by atomic mass is 16.5. The Morgan fingerprint density at radius 1 is 0.941 bits per heavy atom. The predicted molar refractivity (Wildman–Crippen MR) is 135 cm³/mol. The van der Waals surface area contributed by atoms with Crippen molar-refractivity contribution >= 4 is 39.8 Å². The number of nitrogens with zero attached hydrogens (tertiary/aromatic N) is 1. The fourth-order valence-electron chi connectivity index (χ4n) is 3.14. The van der Waals surface area contributed by atoms with Crippen LogP contribution >= 0.6 is 0 Å². The van der Waals surface area contributed by atoms with Gasteiger partial charge in [0.25, 0.3) is 0 Å². The smallest absolute Gasteiger partial charge is 0.233 e. The number of benzene rings is 2. The van der Waals surface area contributed by atoms with Gasteiger partial charge in [0.2, 0.25) is 11.8 Å². The van der Waals surface area contributed by atoms with Crippen LogP contribution in [0.5, 0.6) is 5.75 Å². The van der Waals surface area contributed by atoms with Gasteiger partial charge in [-0.05, 0) is 47.9 Å². The van der Waals surface area contributed by atoms with Gasteiger partial charge in [-0.1, -0.05) is 20.8 Å². The molecule has 0 saturated heterocycles. The Balaban J connectivity index is 1.59. The zero-order valence-electron chi connectivity index (χ0n) is 20.1. The van der Waals surface area contributed by atoms with E-state index in [0.29, 0.717) is 25.4 Å². The fraction of sp³-hybridized carbons (Fsp3) is 0.346. The van der Waals surface area contributed by atoms with Crippen LogP contribution in [0.1, 0.15) is 27.2 Å². The van der Waals surface area contributed by atoms with Gasteiger partial charge in [0, 0.05) is 48.4 Å². The van der Waals surface area contributed by atoms with E-state index < -0.39 is 0 Å². The summed E-state index contributed by atoms with van der Waals surface area (Å²) >= 11 is 0. The number of ether oxygens (including phenoxy) is 2. The van der Waals surface area contributed by atoms with Crippen LogP contribution in [-0.4, -0.2) is 43.7 Å². The molecule has 0 unspecified atom stereocenters. The van der Waals surface area contributed by atoms with E-state index in [0.717, 1.165) is 28.0 Å². The summed E-state index contributed by atoms with van der Waals surface area (Å²) in [7, 11) is 1.64. The van der Waals surface area contributed by atoms with Crippen LogP contribution in [0.4, 0.5) is 17.1 Å². The second-order valence-corrected chi connectivity index (χ2v) is 9.14. The normalized spacial score (nSPS) is 11.2. The summed E-state index contributed by atoms with van der Waals surface area (Å²) in [5.74, 6) is 0.0969. The molecule has 0 radical (unpaired) electrons. The maximum Gasteiger partial charge on any atom is 0.233 e. The van der Waals surface area contributed by atoms with Gasteiger partial charge < -0.3 is 25.4 Å². The molecule has 3 N–H and O–H groups in total. The molecule has 34 heavy (non-hydrogen) atoms. The second kappa shape index (κ2) is 11.5. The van der Waals surface area contributed by atoms with Gasteiger partial charge in [0.05, 0.1) is 12.1 Å². The minimum absolute atomic E-state index is 0.0325. The monoisotopic (exact) mass is 464 g/mol. The zero-order chi connectivity index (χ0) is 24.6. The molecule has 0 bridgehead atoms. The molecule has 0 spiro atoms. The van der Waals surface area contributed by atoms with E-state index in [-0.39, 0.29) is 23.7 Å². The molecule has 0 aliphatic carbocycles. The number of nitrogens with one attached hydrogen (secondary N) is 3. The van der Waals surface area contributed by atoms with Crippen molar-refractivity contribution in [2.24, 2.45) is 5.41 Å². The summed E-state index contributed by atoms with van der Waals surface area (Å²) in [4.78, 5) is 28.5. The average molecular weight is 465 g/mol. The number of hydrogen-bond donors (Lipinski definition) is 3. The SMILES string of the molecule is COCCOc1ccc2c(Nc3ccc(NC(=O)CC(=O)NCC(C)(C)C)cc3)ccnc2c1. The first kappa shape index (κ1) is 25.0. The Hall–Kier alpha value is -3.65. The number of hydrogen-bond acceptors (Lipinski definition) is 6. The van der Waals surface area contributed by atoms with Gasteiger partial charge in [0.15, 0.2) is 0 Å². The molecule has 0 aliphatic rings. The lowest BCUT2D eigenvalue weighted by Gasteiger charge is -2.18. The molecular formula is C26H32N4O4. The van der Waals surface area contributed by atoms with Gasteiger partial charge >= 0.3 is 0 Å². The van der Waals surface area contributed by atoms with Crippen LogP contribution in [0, 0.1) is 5.41 Å². The highest BCUT2D eigenvalue weighted by Gasteiger charge is 2.14. The van der Waals surface area contributed by atoms with E-state index in [1.165, 1.54) is 0 Å². The van der Waals surface area contributed by atoms with Crippen molar-refractivity contribution in [1.29, 1.82) is 0 Å². The number of aromatic nitrogens is 1. The molecule has 2 amide bonds. The molecule has 1 heterocycles. The highest BCUT2D eigenvalue weighted by molar-refractivity contribution is 6.03. The van der Waals surface area contributed by atoms with Gasteiger partial charge in [-0.3, -0.25) is 14.6 Å². The number of fused-ring (bicyclic) bond motifs is 1. The lowest BCUT2D eigenvalue weighted by Crippen LogP contribution is -2.34.